The van der Waals surface area contributed by atoms with Crippen LogP contribution in [0.3, 0.4) is 0 Å². The van der Waals surface area contributed by atoms with Gasteiger partial charge in [0.25, 0.3) is 0 Å². The minimum atomic E-state index is 0. The van der Waals surface area contributed by atoms with Gasteiger partial charge in [-0.25, -0.2) is 17.7 Å². The third-order valence-electron chi connectivity index (χ3n) is 3.71. The van der Waals surface area contributed by atoms with E-state index >= 15 is 0 Å². The summed E-state index contributed by atoms with van der Waals surface area (Å²) in [5, 5.41) is 0. The molecule has 0 saturated carbocycles. The molecule has 1 atom stereocenters. The van der Waals surface area contributed by atoms with E-state index in [0.717, 1.165) is 12.8 Å². The van der Waals surface area contributed by atoms with Crippen molar-refractivity contribution in [3.63, 3.8) is 0 Å². The van der Waals surface area contributed by atoms with E-state index in [2.05, 4.69) is 52.8 Å². The van der Waals surface area contributed by atoms with Crippen molar-refractivity contribution >= 4 is 0 Å². The monoisotopic (exact) mass is 306 g/mol. The molecule has 2 aliphatic carbocycles. The molecule has 0 saturated heterocycles. The van der Waals surface area contributed by atoms with Gasteiger partial charge in [-0.05, 0) is 0 Å². The summed E-state index contributed by atoms with van der Waals surface area (Å²) < 4.78 is 0. The summed E-state index contributed by atoms with van der Waals surface area (Å²) in [7, 11) is 0. The van der Waals surface area contributed by atoms with Gasteiger partial charge < -0.3 is 2.85 Å². The summed E-state index contributed by atoms with van der Waals surface area (Å²) in [5.41, 5.74) is 4.51. The van der Waals surface area contributed by atoms with Crippen LogP contribution in [0.15, 0.2) is 34.9 Å². The number of hydrogen-bond acceptors (Lipinski definition) is 0. The molecule has 0 aromatic heterocycles. The molecule has 2 aliphatic rings. The zero-order valence-electron chi connectivity index (χ0n) is 13.6. The van der Waals surface area contributed by atoms with Crippen LogP contribution in [0.25, 0.3) is 0 Å². The fourth-order valence-corrected chi connectivity index (χ4v) is 1.99. The number of rotatable bonds is 1. The molecule has 1 unspecified atom stereocenters. The molecule has 0 fully saturated rings. The predicted molar refractivity (Wildman–Crippen MR) is 73.0 cm³/mol. The molecule has 0 spiro atoms. The van der Waals surface area contributed by atoms with E-state index in [1.54, 1.807) is 0 Å². The molecule has 0 aliphatic heterocycles. The third-order valence-corrected chi connectivity index (χ3v) is 3.71. The van der Waals surface area contributed by atoms with Gasteiger partial charge in [0.2, 0.25) is 0 Å². The second kappa shape index (κ2) is 7.32. The standard InChI is InChI=1S/C11H17.C5H5.Zr.2H/c1-6-11(5)7-8(2)9(3)10(11)4;1-2-4-5-3-1;;;/h6H2,1-5H3;1-3H,4H2;;;/q2*-1;+4;2*-1. The van der Waals surface area contributed by atoms with Gasteiger partial charge in [-0.2, -0.15) is 17.2 Å². The average Bonchev–Trinajstić information content (AvgIpc) is 2.89. The minimum absolute atomic E-state index is 0. The van der Waals surface area contributed by atoms with Crippen molar-refractivity contribution in [1.82, 2.24) is 0 Å². The molecule has 0 radical (unpaired) electrons. The molecule has 0 heterocycles. The number of hydrogen-bond donors (Lipinski definition) is 0. The molecule has 0 aromatic rings. The van der Waals surface area contributed by atoms with Crippen LogP contribution in [0, 0.1) is 17.6 Å². The fraction of sp³-hybridized carbons (Fsp3) is 0.500. The zero-order chi connectivity index (χ0) is 12.2. The van der Waals surface area contributed by atoms with Crippen molar-refractivity contribution in [1.29, 1.82) is 0 Å². The zero-order valence-corrected chi connectivity index (χ0v) is 14.1. The molecular formula is C16H24Zr. The van der Waals surface area contributed by atoms with Crippen LogP contribution in [-0.4, -0.2) is 0 Å². The van der Waals surface area contributed by atoms with E-state index < -0.39 is 0 Å². The van der Waals surface area contributed by atoms with Crippen LogP contribution in [0.5, 0.6) is 0 Å². The van der Waals surface area contributed by atoms with Gasteiger partial charge >= 0.3 is 26.2 Å². The van der Waals surface area contributed by atoms with Crippen LogP contribution in [0.1, 0.15) is 50.3 Å². The van der Waals surface area contributed by atoms with Gasteiger partial charge in [0, 0.05) is 0 Å². The van der Waals surface area contributed by atoms with Gasteiger partial charge in [-0.3, -0.25) is 12.2 Å². The topological polar surface area (TPSA) is 0 Å². The Labute approximate surface area is 129 Å². The predicted octanol–water partition coefficient (Wildman–Crippen LogP) is 5.03. The summed E-state index contributed by atoms with van der Waals surface area (Å²) in [6.07, 6.45) is 14.7. The van der Waals surface area contributed by atoms with Crippen LogP contribution >= 0.6 is 0 Å². The molecule has 0 nitrogen and oxygen atoms in total. The van der Waals surface area contributed by atoms with E-state index in [0.29, 0.717) is 0 Å². The van der Waals surface area contributed by atoms with Crippen molar-refractivity contribution in [3.8, 4) is 0 Å². The summed E-state index contributed by atoms with van der Waals surface area (Å²) >= 11 is 0. The quantitative estimate of drug-likeness (QED) is 0.596. The summed E-state index contributed by atoms with van der Waals surface area (Å²) in [4.78, 5) is 0. The fourth-order valence-electron chi connectivity index (χ4n) is 1.99. The first-order valence-electron chi connectivity index (χ1n) is 6.03. The average molecular weight is 308 g/mol. The van der Waals surface area contributed by atoms with Crippen molar-refractivity contribution in [3.05, 3.63) is 47.1 Å². The summed E-state index contributed by atoms with van der Waals surface area (Å²) in [5.74, 6) is 0. The second-order valence-electron chi connectivity index (χ2n) is 4.69. The molecule has 1 heteroatoms. The van der Waals surface area contributed by atoms with E-state index in [1.165, 1.54) is 16.7 Å². The molecule has 17 heavy (non-hydrogen) atoms. The van der Waals surface area contributed by atoms with Crippen molar-refractivity contribution in [2.24, 2.45) is 5.41 Å². The van der Waals surface area contributed by atoms with Crippen molar-refractivity contribution in [2.75, 3.05) is 0 Å². The van der Waals surface area contributed by atoms with Crippen molar-refractivity contribution < 1.29 is 29.1 Å². The maximum atomic E-state index is 3.52. The third kappa shape index (κ3) is 4.21. The minimum Gasteiger partial charge on any atom is -1.00 e. The Bertz CT molecular complexity index is 368. The van der Waals surface area contributed by atoms with Crippen molar-refractivity contribution in [2.45, 2.75) is 47.5 Å². The van der Waals surface area contributed by atoms with Gasteiger partial charge in [0.15, 0.2) is 0 Å². The first kappa shape index (κ1) is 16.8. The Hall–Kier alpha value is -0.157. The van der Waals surface area contributed by atoms with E-state index in [4.69, 9.17) is 0 Å². The Kier molecular flexibility index (Phi) is 7.25. The van der Waals surface area contributed by atoms with Crippen LogP contribution in [0.4, 0.5) is 0 Å². The summed E-state index contributed by atoms with van der Waals surface area (Å²) in [6, 6.07) is 0. The van der Waals surface area contributed by atoms with Crippen LogP contribution < -0.4 is 0 Å². The first-order chi connectivity index (χ1) is 7.51. The van der Waals surface area contributed by atoms with Gasteiger partial charge in [-0.15, -0.1) is 13.3 Å². The maximum absolute atomic E-state index is 3.52. The van der Waals surface area contributed by atoms with Gasteiger partial charge in [0.1, 0.15) is 0 Å². The normalized spacial score (nSPS) is 25.4. The molecular weight excluding hydrogens is 283 g/mol. The molecule has 92 valence electrons. The molecule has 0 bridgehead atoms. The number of allylic oxidation sites excluding steroid dienone is 8. The molecule has 0 N–H and O–H groups in total. The molecule has 0 aromatic carbocycles. The first-order valence-corrected chi connectivity index (χ1v) is 6.03. The summed E-state index contributed by atoms with van der Waals surface area (Å²) in [6.45, 7) is 11.1. The Morgan fingerprint density at radius 2 is 2.00 bits per heavy atom. The molecule has 0 amide bonds. The Morgan fingerprint density at radius 1 is 1.35 bits per heavy atom. The van der Waals surface area contributed by atoms with E-state index in [1.807, 2.05) is 12.2 Å². The molecule has 2 rings (SSSR count). The largest absolute Gasteiger partial charge is 4.00 e. The van der Waals surface area contributed by atoms with Crippen LogP contribution in [0.2, 0.25) is 0 Å². The Morgan fingerprint density at radius 3 is 2.18 bits per heavy atom. The van der Waals surface area contributed by atoms with Gasteiger partial charge in [-0.1, -0.05) is 39.5 Å². The van der Waals surface area contributed by atoms with Gasteiger partial charge in [0.05, 0.1) is 0 Å². The smallest absolute Gasteiger partial charge is 1.00 e. The Balaban J connectivity index is -0.000000277. The van der Waals surface area contributed by atoms with E-state index in [-0.39, 0.29) is 34.5 Å². The van der Waals surface area contributed by atoms with E-state index in [9.17, 15) is 0 Å². The SMILES string of the molecule is CCC1(C)[C-]=C(C)C(C)=C1C.[C-]1=CC=CC1.[H-].[H-].[Zr+4]. The van der Waals surface area contributed by atoms with Crippen LogP contribution in [-0.2, 0) is 26.2 Å². The maximum Gasteiger partial charge on any atom is 4.00 e. The second-order valence-corrected chi connectivity index (χ2v) is 4.69.